The third kappa shape index (κ3) is 58.9. The number of nitrogens with one attached hydrogen (secondary N) is 1. The number of carbonyl (C=O) groups excluding carboxylic acids is 2. The summed E-state index contributed by atoms with van der Waals surface area (Å²) in [5, 5.41) is 23.3. The lowest BCUT2D eigenvalue weighted by Gasteiger charge is -2.22. The standard InChI is InChI=1S/C67H125NO5/c1-3-5-7-9-11-13-15-17-32-35-39-43-47-51-55-59-65(70)64(63-69)68-66(71)60-56-52-48-44-40-36-33-30-28-26-24-22-20-19-21-23-25-27-29-31-34-38-42-46-50-54-58-62-73-67(72)61-57-53-49-45-41-37-18-16-14-12-10-8-6-4-2/h10,12,16,18-20,23,25,64-65,69-70H,3-9,11,13-15,17,21-22,24,26-63H2,1-2H3,(H,68,71)/b12-10-,18-16-,20-19-,25-23-. The van der Waals surface area contributed by atoms with Gasteiger partial charge in [-0.15, -0.1) is 0 Å². The van der Waals surface area contributed by atoms with Crippen molar-refractivity contribution in [2.75, 3.05) is 13.2 Å². The Kier molecular flexibility index (Phi) is 60.5. The van der Waals surface area contributed by atoms with Crippen LogP contribution in [0.15, 0.2) is 48.6 Å². The molecule has 428 valence electrons. The van der Waals surface area contributed by atoms with Crippen LogP contribution in [0.5, 0.6) is 0 Å². The summed E-state index contributed by atoms with van der Waals surface area (Å²) in [6.07, 6.45) is 79.9. The van der Waals surface area contributed by atoms with Gasteiger partial charge in [-0.05, 0) is 83.5 Å². The molecule has 0 aromatic rings. The molecule has 0 aliphatic rings. The van der Waals surface area contributed by atoms with Crippen molar-refractivity contribution >= 4 is 11.9 Å². The Morgan fingerprint density at radius 1 is 0.384 bits per heavy atom. The minimum Gasteiger partial charge on any atom is -0.466 e. The van der Waals surface area contributed by atoms with E-state index in [1.807, 2.05) is 0 Å². The van der Waals surface area contributed by atoms with E-state index in [-0.39, 0.29) is 18.5 Å². The number of rotatable bonds is 60. The van der Waals surface area contributed by atoms with Crippen LogP contribution in [0.25, 0.3) is 0 Å². The molecule has 0 radical (unpaired) electrons. The summed E-state index contributed by atoms with van der Waals surface area (Å²) >= 11 is 0. The first-order valence-corrected chi connectivity index (χ1v) is 32.4. The summed E-state index contributed by atoms with van der Waals surface area (Å²) in [5.74, 6) is -0.0411. The number of esters is 1. The molecule has 0 heterocycles. The Labute approximate surface area is 455 Å². The van der Waals surface area contributed by atoms with E-state index in [4.69, 9.17) is 4.74 Å². The summed E-state index contributed by atoms with van der Waals surface area (Å²) in [6.45, 7) is 4.91. The SMILES string of the molecule is CCCC/C=C\C/C=C\CCCCCCCC(=O)OCCCCCCCCCCC/C=C\C/C=C\CCCCCCCCCCCCCC(=O)NC(CO)C(O)CCCCCCCCCCCCCCCCC. The maximum absolute atomic E-state index is 12.5. The second-order valence-corrected chi connectivity index (χ2v) is 22.1. The van der Waals surface area contributed by atoms with Gasteiger partial charge in [0.05, 0.1) is 25.4 Å². The zero-order chi connectivity index (χ0) is 52.9. The maximum atomic E-state index is 12.5. The van der Waals surface area contributed by atoms with E-state index in [1.165, 1.54) is 250 Å². The van der Waals surface area contributed by atoms with Gasteiger partial charge >= 0.3 is 5.97 Å². The van der Waals surface area contributed by atoms with Crippen LogP contribution in [0.4, 0.5) is 0 Å². The Balaban J connectivity index is 3.42. The van der Waals surface area contributed by atoms with Crippen molar-refractivity contribution < 1.29 is 24.5 Å². The fourth-order valence-electron chi connectivity index (χ4n) is 9.86. The number of hydrogen-bond donors (Lipinski definition) is 3. The van der Waals surface area contributed by atoms with Gasteiger partial charge in [-0.2, -0.15) is 0 Å². The van der Waals surface area contributed by atoms with Crippen molar-refractivity contribution in [1.82, 2.24) is 5.32 Å². The van der Waals surface area contributed by atoms with Crippen molar-refractivity contribution in [2.45, 2.75) is 353 Å². The Morgan fingerprint density at radius 2 is 0.699 bits per heavy atom. The van der Waals surface area contributed by atoms with E-state index in [2.05, 4.69) is 67.8 Å². The van der Waals surface area contributed by atoms with Gasteiger partial charge in [0, 0.05) is 12.8 Å². The molecule has 0 aromatic heterocycles. The Morgan fingerprint density at radius 3 is 1.08 bits per heavy atom. The van der Waals surface area contributed by atoms with Gasteiger partial charge in [0.25, 0.3) is 0 Å². The fourth-order valence-corrected chi connectivity index (χ4v) is 9.86. The zero-order valence-corrected chi connectivity index (χ0v) is 48.9. The number of unbranched alkanes of at least 4 members (excludes halogenated alkanes) is 41. The summed E-state index contributed by atoms with van der Waals surface area (Å²) in [6, 6.07) is -0.544. The lowest BCUT2D eigenvalue weighted by atomic mass is 10.0. The van der Waals surface area contributed by atoms with Crippen LogP contribution < -0.4 is 5.32 Å². The Hall–Kier alpha value is -2.18. The average molecular weight is 1020 g/mol. The molecule has 0 bridgehead atoms. The van der Waals surface area contributed by atoms with E-state index < -0.39 is 12.1 Å². The van der Waals surface area contributed by atoms with Gasteiger partial charge in [0.15, 0.2) is 0 Å². The van der Waals surface area contributed by atoms with Gasteiger partial charge in [-0.3, -0.25) is 9.59 Å². The average Bonchev–Trinajstić information content (AvgIpc) is 3.39. The van der Waals surface area contributed by atoms with Crippen LogP contribution in [0.1, 0.15) is 341 Å². The third-order valence-electron chi connectivity index (χ3n) is 14.9. The van der Waals surface area contributed by atoms with Gasteiger partial charge in [-0.1, -0.05) is 294 Å². The highest BCUT2D eigenvalue weighted by Crippen LogP contribution is 2.17. The second kappa shape index (κ2) is 62.4. The van der Waals surface area contributed by atoms with Crippen molar-refractivity contribution in [3.05, 3.63) is 48.6 Å². The van der Waals surface area contributed by atoms with Crippen LogP contribution in [0, 0.1) is 0 Å². The van der Waals surface area contributed by atoms with Crippen molar-refractivity contribution in [1.29, 1.82) is 0 Å². The number of amides is 1. The Bertz CT molecular complexity index is 1230. The molecule has 0 saturated carbocycles. The van der Waals surface area contributed by atoms with E-state index >= 15 is 0 Å². The molecule has 1 amide bonds. The van der Waals surface area contributed by atoms with Gasteiger partial charge in [0.1, 0.15) is 0 Å². The lowest BCUT2D eigenvalue weighted by Crippen LogP contribution is -2.45. The second-order valence-electron chi connectivity index (χ2n) is 22.1. The van der Waals surface area contributed by atoms with Gasteiger partial charge in [0.2, 0.25) is 5.91 Å². The maximum Gasteiger partial charge on any atom is 0.305 e. The topological polar surface area (TPSA) is 95.9 Å². The highest BCUT2D eigenvalue weighted by molar-refractivity contribution is 5.76. The van der Waals surface area contributed by atoms with Crippen molar-refractivity contribution in [3.8, 4) is 0 Å². The molecule has 0 fully saturated rings. The van der Waals surface area contributed by atoms with E-state index in [1.54, 1.807) is 0 Å². The monoisotopic (exact) mass is 1020 g/mol. The zero-order valence-electron chi connectivity index (χ0n) is 48.9. The predicted molar refractivity (Wildman–Crippen MR) is 319 cm³/mol. The molecule has 73 heavy (non-hydrogen) atoms. The number of aliphatic hydroxyl groups excluding tert-OH is 2. The smallest absolute Gasteiger partial charge is 0.305 e. The summed E-state index contributed by atoms with van der Waals surface area (Å²) in [7, 11) is 0. The first kappa shape index (κ1) is 70.8. The molecule has 0 aliphatic heterocycles. The van der Waals surface area contributed by atoms with E-state index in [0.29, 0.717) is 25.9 Å². The lowest BCUT2D eigenvalue weighted by molar-refractivity contribution is -0.143. The van der Waals surface area contributed by atoms with Gasteiger partial charge in [-0.25, -0.2) is 0 Å². The summed E-state index contributed by atoms with van der Waals surface area (Å²) < 4.78 is 5.47. The molecule has 6 nitrogen and oxygen atoms in total. The minimum atomic E-state index is -0.667. The van der Waals surface area contributed by atoms with Gasteiger partial charge < -0.3 is 20.3 Å². The van der Waals surface area contributed by atoms with Crippen LogP contribution >= 0.6 is 0 Å². The highest BCUT2D eigenvalue weighted by Gasteiger charge is 2.20. The highest BCUT2D eigenvalue weighted by atomic mass is 16.5. The molecular formula is C67H125NO5. The number of hydrogen-bond acceptors (Lipinski definition) is 5. The molecule has 2 atom stereocenters. The van der Waals surface area contributed by atoms with Crippen LogP contribution in [-0.4, -0.2) is 47.4 Å². The number of ether oxygens (including phenoxy) is 1. The number of carbonyl (C=O) groups is 2. The fraction of sp³-hybridized carbons (Fsp3) is 0.851. The van der Waals surface area contributed by atoms with E-state index in [0.717, 1.165) is 57.8 Å². The molecule has 0 spiro atoms. The first-order valence-electron chi connectivity index (χ1n) is 32.4. The normalized spacial score (nSPS) is 12.9. The predicted octanol–water partition coefficient (Wildman–Crippen LogP) is 20.5. The molecule has 0 rings (SSSR count). The van der Waals surface area contributed by atoms with Crippen LogP contribution in [-0.2, 0) is 14.3 Å². The molecule has 2 unspecified atom stereocenters. The molecule has 0 aliphatic carbocycles. The summed E-state index contributed by atoms with van der Waals surface area (Å²) in [5.41, 5.74) is 0. The molecule has 0 saturated heterocycles. The summed E-state index contributed by atoms with van der Waals surface area (Å²) in [4.78, 5) is 24.5. The molecule has 0 aromatic carbocycles. The largest absolute Gasteiger partial charge is 0.466 e. The van der Waals surface area contributed by atoms with Crippen molar-refractivity contribution in [2.24, 2.45) is 0 Å². The first-order chi connectivity index (χ1) is 36.0. The molecular weight excluding hydrogens is 899 g/mol. The molecule has 6 heteroatoms. The minimum absolute atomic E-state index is 0.00420. The van der Waals surface area contributed by atoms with Crippen LogP contribution in [0.2, 0.25) is 0 Å². The number of aliphatic hydroxyl groups is 2. The number of allylic oxidation sites excluding steroid dienone is 8. The van der Waals surface area contributed by atoms with Crippen LogP contribution in [0.3, 0.4) is 0 Å². The molecule has 3 N–H and O–H groups in total. The quantitative estimate of drug-likeness (QED) is 0.0320. The van der Waals surface area contributed by atoms with E-state index in [9.17, 15) is 19.8 Å². The third-order valence-corrected chi connectivity index (χ3v) is 14.9. The van der Waals surface area contributed by atoms with Crippen molar-refractivity contribution in [3.63, 3.8) is 0 Å².